The third-order valence-electron chi connectivity index (χ3n) is 5.45. The number of rotatable bonds is 4. The molecule has 1 unspecified atom stereocenters. The largest absolute Gasteiger partial charge is 0.198 e. The lowest BCUT2D eigenvalue weighted by Crippen LogP contribution is -2.44. The molecule has 0 aromatic rings. The number of allylic oxidation sites excluding steroid dienone is 3. The van der Waals surface area contributed by atoms with E-state index in [4.69, 9.17) is 5.26 Å². The Bertz CT molecular complexity index is 359. The molecule has 0 aromatic carbocycles. The molecule has 4 aliphatic carbocycles. The van der Waals surface area contributed by atoms with Crippen LogP contribution in [-0.4, -0.2) is 0 Å². The second-order valence-corrected chi connectivity index (χ2v) is 6.65. The van der Waals surface area contributed by atoms with Gasteiger partial charge in [0.05, 0.1) is 12.0 Å². The fraction of sp³-hybridized carbons (Fsp3) is 0.706. The molecule has 0 radical (unpaired) electrons. The van der Waals surface area contributed by atoms with Crippen molar-refractivity contribution in [3.63, 3.8) is 0 Å². The topological polar surface area (TPSA) is 23.8 Å². The number of nitriles is 1. The van der Waals surface area contributed by atoms with Crippen LogP contribution in [0.4, 0.5) is 0 Å². The Morgan fingerprint density at radius 1 is 1.11 bits per heavy atom. The lowest BCUT2D eigenvalue weighted by Gasteiger charge is -2.53. The van der Waals surface area contributed by atoms with Crippen LogP contribution in [0, 0.1) is 46.8 Å². The van der Waals surface area contributed by atoms with Gasteiger partial charge >= 0.3 is 0 Å². The van der Waals surface area contributed by atoms with Crippen LogP contribution in [0.25, 0.3) is 0 Å². The van der Waals surface area contributed by atoms with Gasteiger partial charge in [-0.1, -0.05) is 18.2 Å². The summed E-state index contributed by atoms with van der Waals surface area (Å²) < 4.78 is 0. The quantitative estimate of drug-likeness (QED) is 0.672. The van der Waals surface area contributed by atoms with Crippen molar-refractivity contribution in [1.82, 2.24) is 0 Å². The molecule has 4 bridgehead atoms. The summed E-state index contributed by atoms with van der Waals surface area (Å²) in [5.74, 6) is 4.76. The van der Waals surface area contributed by atoms with E-state index in [0.717, 1.165) is 36.0 Å². The van der Waals surface area contributed by atoms with Gasteiger partial charge in [-0.3, -0.25) is 0 Å². The zero-order valence-corrected chi connectivity index (χ0v) is 11.1. The average Bonchev–Trinajstić information content (AvgIpc) is 2.35. The van der Waals surface area contributed by atoms with Crippen LogP contribution in [0.5, 0.6) is 0 Å². The minimum Gasteiger partial charge on any atom is -0.198 e. The molecule has 18 heavy (non-hydrogen) atoms. The van der Waals surface area contributed by atoms with E-state index in [1.165, 1.54) is 32.1 Å². The van der Waals surface area contributed by atoms with E-state index >= 15 is 0 Å². The molecule has 0 heterocycles. The van der Waals surface area contributed by atoms with Crippen molar-refractivity contribution in [1.29, 1.82) is 5.26 Å². The maximum Gasteiger partial charge on any atom is 0.0700 e. The molecule has 4 aliphatic rings. The van der Waals surface area contributed by atoms with Gasteiger partial charge in [0.25, 0.3) is 0 Å². The van der Waals surface area contributed by atoms with Crippen LogP contribution in [0.3, 0.4) is 0 Å². The molecule has 4 rings (SSSR count). The van der Waals surface area contributed by atoms with E-state index < -0.39 is 0 Å². The van der Waals surface area contributed by atoms with Gasteiger partial charge in [-0.25, -0.2) is 0 Å². The Kier molecular flexibility index (Phi) is 3.29. The van der Waals surface area contributed by atoms with E-state index in [9.17, 15) is 0 Å². The second kappa shape index (κ2) is 4.92. The average molecular weight is 241 g/mol. The predicted octanol–water partition coefficient (Wildman–Crippen LogP) is 4.33. The molecule has 4 fully saturated rings. The molecular formula is C17H23N. The van der Waals surface area contributed by atoms with Crippen LogP contribution >= 0.6 is 0 Å². The first-order chi connectivity index (χ1) is 8.80. The summed E-state index contributed by atoms with van der Waals surface area (Å²) in [7, 11) is 0. The molecule has 0 aromatic heterocycles. The van der Waals surface area contributed by atoms with Gasteiger partial charge < -0.3 is 0 Å². The van der Waals surface area contributed by atoms with E-state index in [1.807, 2.05) is 6.08 Å². The van der Waals surface area contributed by atoms with Gasteiger partial charge in [-0.05, 0) is 68.1 Å². The number of hydrogen-bond donors (Lipinski definition) is 0. The highest BCUT2D eigenvalue weighted by molar-refractivity contribution is 5.09. The third-order valence-corrected chi connectivity index (χ3v) is 5.45. The van der Waals surface area contributed by atoms with Gasteiger partial charge in [-0.2, -0.15) is 5.26 Å². The van der Waals surface area contributed by atoms with Crippen LogP contribution in [0.1, 0.15) is 38.5 Å². The molecule has 0 spiro atoms. The summed E-state index contributed by atoms with van der Waals surface area (Å²) in [5, 5.41) is 9.09. The smallest absolute Gasteiger partial charge is 0.0700 e. The molecule has 1 nitrogen and oxygen atoms in total. The monoisotopic (exact) mass is 241 g/mol. The van der Waals surface area contributed by atoms with Crippen molar-refractivity contribution < 1.29 is 0 Å². The van der Waals surface area contributed by atoms with E-state index in [-0.39, 0.29) is 5.92 Å². The highest BCUT2D eigenvalue weighted by Gasteiger charge is 2.46. The molecule has 0 saturated heterocycles. The van der Waals surface area contributed by atoms with Crippen molar-refractivity contribution in [2.24, 2.45) is 35.5 Å². The fourth-order valence-corrected chi connectivity index (χ4v) is 4.90. The van der Waals surface area contributed by atoms with E-state index in [1.54, 1.807) is 0 Å². The maximum absolute atomic E-state index is 9.09. The van der Waals surface area contributed by atoms with Crippen molar-refractivity contribution in [3.05, 3.63) is 24.8 Å². The summed E-state index contributed by atoms with van der Waals surface area (Å²) >= 11 is 0. The maximum atomic E-state index is 9.09. The van der Waals surface area contributed by atoms with Crippen molar-refractivity contribution in [2.75, 3.05) is 0 Å². The molecule has 4 saturated carbocycles. The van der Waals surface area contributed by atoms with Crippen LogP contribution in [0.15, 0.2) is 24.8 Å². The Hall–Kier alpha value is -1.03. The first-order valence-corrected chi connectivity index (χ1v) is 7.49. The first kappa shape index (κ1) is 12.0. The molecule has 0 N–H and O–H groups in total. The first-order valence-electron chi connectivity index (χ1n) is 7.49. The summed E-state index contributed by atoms with van der Waals surface area (Å²) in [6, 6.07) is 2.37. The lowest BCUT2D eigenvalue weighted by atomic mass is 9.52. The Balaban J connectivity index is 1.68. The van der Waals surface area contributed by atoms with Gasteiger partial charge in [0.15, 0.2) is 0 Å². The highest BCUT2D eigenvalue weighted by Crippen LogP contribution is 2.56. The molecule has 1 atom stereocenters. The van der Waals surface area contributed by atoms with Crippen molar-refractivity contribution in [3.8, 4) is 6.07 Å². The third kappa shape index (κ3) is 2.14. The Morgan fingerprint density at radius 2 is 1.72 bits per heavy atom. The van der Waals surface area contributed by atoms with Crippen LogP contribution in [0.2, 0.25) is 0 Å². The summed E-state index contributed by atoms with van der Waals surface area (Å²) in [6.45, 7) is 3.73. The SMILES string of the molecule is C=CCC(C#N)/C=C/C1C2CC3CC(C2)CC1C3. The normalized spacial score (nSPS) is 42.9. The zero-order valence-electron chi connectivity index (χ0n) is 11.1. The van der Waals surface area contributed by atoms with Gasteiger partial charge in [-0.15, -0.1) is 6.58 Å². The highest BCUT2D eigenvalue weighted by atomic mass is 14.5. The summed E-state index contributed by atoms with van der Waals surface area (Å²) in [4.78, 5) is 0. The van der Waals surface area contributed by atoms with E-state index in [2.05, 4.69) is 24.8 Å². The molecule has 0 aliphatic heterocycles. The van der Waals surface area contributed by atoms with Crippen molar-refractivity contribution in [2.45, 2.75) is 38.5 Å². The molecule has 1 heteroatoms. The second-order valence-electron chi connectivity index (χ2n) is 6.65. The van der Waals surface area contributed by atoms with Crippen molar-refractivity contribution >= 4 is 0 Å². The molecule has 96 valence electrons. The number of nitrogens with zero attached hydrogens (tertiary/aromatic N) is 1. The standard InChI is InChI=1S/C17H23N/c1-2-3-12(11-18)4-5-17-15-7-13-6-14(9-15)10-16(17)8-13/h2,4-5,12-17H,1,3,6-10H2/b5-4+. The van der Waals surface area contributed by atoms with Crippen LogP contribution in [-0.2, 0) is 0 Å². The summed E-state index contributed by atoms with van der Waals surface area (Å²) in [6.07, 6.45) is 14.6. The fourth-order valence-electron chi connectivity index (χ4n) is 4.90. The van der Waals surface area contributed by atoms with Crippen LogP contribution < -0.4 is 0 Å². The summed E-state index contributed by atoms with van der Waals surface area (Å²) in [5.41, 5.74) is 0. The minimum absolute atomic E-state index is 0.0414. The van der Waals surface area contributed by atoms with E-state index in [0.29, 0.717) is 0 Å². The number of hydrogen-bond acceptors (Lipinski definition) is 1. The predicted molar refractivity (Wildman–Crippen MR) is 73.6 cm³/mol. The minimum atomic E-state index is 0.0414. The Morgan fingerprint density at radius 3 is 2.22 bits per heavy atom. The van der Waals surface area contributed by atoms with Gasteiger partial charge in [0, 0.05) is 0 Å². The zero-order chi connectivity index (χ0) is 12.5. The molecule has 0 amide bonds. The molecular weight excluding hydrogens is 218 g/mol. The van der Waals surface area contributed by atoms with Gasteiger partial charge in [0.2, 0.25) is 0 Å². The Labute approximate surface area is 111 Å². The van der Waals surface area contributed by atoms with Gasteiger partial charge in [0.1, 0.15) is 0 Å². The lowest BCUT2D eigenvalue weighted by molar-refractivity contribution is -0.0162.